The Morgan fingerprint density at radius 3 is 2.94 bits per heavy atom. The standard InChI is InChI=1S/C12H25NO3/c1-15-8-2-9-16-10-6-13-5-3-12(11-13)4-7-14/h12,14H,2-11H2,1H3. The lowest BCUT2D eigenvalue weighted by Crippen LogP contribution is -2.25. The van der Waals surface area contributed by atoms with E-state index in [1.165, 1.54) is 6.42 Å². The highest BCUT2D eigenvalue weighted by Crippen LogP contribution is 2.18. The van der Waals surface area contributed by atoms with Crippen molar-refractivity contribution in [3.05, 3.63) is 0 Å². The van der Waals surface area contributed by atoms with Crippen LogP contribution in [0.3, 0.4) is 0 Å². The molecule has 0 spiro atoms. The molecule has 1 atom stereocenters. The number of hydrogen-bond donors (Lipinski definition) is 1. The van der Waals surface area contributed by atoms with Gasteiger partial charge in [0.25, 0.3) is 0 Å². The Morgan fingerprint density at radius 1 is 1.31 bits per heavy atom. The van der Waals surface area contributed by atoms with Gasteiger partial charge >= 0.3 is 0 Å². The molecule has 16 heavy (non-hydrogen) atoms. The smallest absolute Gasteiger partial charge is 0.0593 e. The molecule has 1 aliphatic rings. The summed E-state index contributed by atoms with van der Waals surface area (Å²) in [5.41, 5.74) is 0. The molecule has 0 bridgehead atoms. The molecule has 1 aliphatic heterocycles. The van der Waals surface area contributed by atoms with E-state index in [4.69, 9.17) is 14.6 Å². The molecule has 0 amide bonds. The summed E-state index contributed by atoms with van der Waals surface area (Å²) in [6.07, 6.45) is 3.15. The van der Waals surface area contributed by atoms with E-state index in [0.717, 1.165) is 52.3 Å². The van der Waals surface area contributed by atoms with Crippen molar-refractivity contribution in [1.82, 2.24) is 4.90 Å². The van der Waals surface area contributed by atoms with E-state index in [1.54, 1.807) is 7.11 Å². The number of likely N-dealkylation sites (tertiary alicyclic amines) is 1. The summed E-state index contributed by atoms with van der Waals surface area (Å²) in [4.78, 5) is 2.43. The fraction of sp³-hybridized carbons (Fsp3) is 1.00. The lowest BCUT2D eigenvalue weighted by Gasteiger charge is -2.15. The number of ether oxygens (including phenoxy) is 2. The Hall–Kier alpha value is -0.160. The molecule has 4 heteroatoms. The normalized spacial score (nSPS) is 21.8. The molecular weight excluding hydrogens is 206 g/mol. The van der Waals surface area contributed by atoms with Crippen LogP contribution in [0.4, 0.5) is 0 Å². The third kappa shape index (κ3) is 5.80. The number of hydrogen-bond acceptors (Lipinski definition) is 4. The molecule has 1 saturated heterocycles. The summed E-state index contributed by atoms with van der Waals surface area (Å²) in [7, 11) is 1.71. The average molecular weight is 231 g/mol. The van der Waals surface area contributed by atoms with Gasteiger partial charge in [-0.25, -0.2) is 0 Å². The fourth-order valence-corrected chi connectivity index (χ4v) is 2.14. The van der Waals surface area contributed by atoms with Crippen LogP contribution in [0.2, 0.25) is 0 Å². The molecule has 0 aliphatic carbocycles. The maximum absolute atomic E-state index is 8.85. The monoisotopic (exact) mass is 231 g/mol. The van der Waals surface area contributed by atoms with Gasteiger partial charge in [0.15, 0.2) is 0 Å². The topological polar surface area (TPSA) is 41.9 Å². The molecule has 0 radical (unpaired) electrons. The highest BCUT2D eigenvalue weighted by Gasteiger charge is 2.21. The summed E-state index contributed by atoms with van der Waals surface area (Å²) < 4.78 is 10.5. The van der Waals surface area contributed by atoms with Gasteiger partial charge in [0.05, 0.1) is 6.61 Å². The second-order valence-electron chi connectivity index (χ2n) is 4.43. The van der Waals surface area contributed by atoms with E-state index in [1.807, 2.05) is 0 Å². The Morgan fingerprint density at radius 2 is 2.19 bits per heavy atom. The van der Waals surface area contributed by atoms with Crippen LogP contribution in [0.25, 0.3) is 0 Å². The van der Waals surface area contributed by atoms with Crippen LogP contribution in [-0.2, 0) is 9.47 Å². The Bertz CT molecular complexity index is 166. The molecule has 1 fully saturated rings. The molecular formula is C12H25NO3. The van der Waals surface area contributed by atoms with Crippen molar-refractivity contribution in [2.75, 3.05) is 53.2 Å². The maximum atomic E-state index is 8.85. The SMILES string of the molecule is COCCCOCCN1CCC(CCO)C1. The largest absolute Gasteiger partial charge is 0.396 e. The van der Waals surface area contributed by atoms with Crippen LogP contribution in [0, 0.1) is 5.92 Å². The van der Waals surface area contributed by atoms with Gasteiger partial charge in [-0.3, -0.25) is 0 Å². The third-order valence-electron chi connectivity index (χ3n) is 3.10. The zero-order valence-electron chi connectivity index (χ0n) is 10.4. The zero-order chi connectivity index (χ0) is 11.6. The van der Waals surface area contributed by atoms with Crippen LogP contribution >= 0.6 is 0 Å². The first-order valence-electron chi connectivity index (χ1n) is 6.26. The quantitative estimate of drug-likeness (QED) is 0.594. The van der Waals surface area contributed by atoms with E-state index in [0.29, 0.717) is 12.5 Å². The van der Waals surface area contributed by atoms with Crippen molar-refractivity contribution in [1.29, 1.82) is 0 Å². The first kappa shape index (κ1) is 13.9. The second kappa shape index (κ2) is 8.93. The Balaban J connectivity index is 1.90. The molecule has 4 nitrogen and oxygen atoms in total. The van der Waals surface area contributed by atoms with E-state index in [-0.39, 0.29) is 0 Å². The van der Waals surface area contributed by atoms with E-state index in [2.05, 4.69) is 4.90 Å². The molecule has 0 aromatic heterocycles. The molecule has 0 aromatic carbocycles. The predicted octanol–water partition coefficient (Wildman–Crippen LogP) is 0.744. The van der Waals surface area contributed by atoms with Gasteiger partial charge in [-0.05, 0) is 31.7 Å². The minimum atomic E-state index is 0.325. The number of rotatable bonds is 9. The summed E-state index contributed by atoms with van der Waals surface area (Å²) in [6.45, 7) is 6.02. The van der Waals surface area contributed by atoms with E-state index < -0.39 is 0 Å². The molecule has 1 unspecified atom stereocenters. The molecule has 0 saturated carbocycles. The van der Waals surface area contributed by atoms with Gasteiger partial charge < -0.3 is 19.5 Å². The van der Waals surface area contributed by atoms with Gasteiger partial charge in [-0.2, -0.15) is 0 Å². The van der Waals surface area contributed by atoms with Crippen molar-refractivity contribution in [2.45, 2.75) is 19.3 Å². The number of aliphatic hydroxyl groups excluding tert-OH is 1. The maximum Gasteiger partial charge on any atom is 0.0593 e. The summed E-state index contributed by atoms with van der Waals surface area (Å²) in [5.74, 6) is 0.693. The van der Waals surface area contributed by atoms with Crippen molar-refractivity contribution >= 4 is 0 Å². The fourth-order valence-electron chi connectivity index (χ4n) is 2.14. The second-order valence-corrected chi connectivity index (χ2v) is 4.43. The predicted molar refractivity (Wildman–Crippen MR) is 63.6 cm³/mol. The highest BCUT2D eigenvalue weighted by molar-refractivity contribution is 4.74. The van der Waals surface area contributed by atoms with Crippen LogP contribution in [-0.4, -0.2) is 63.2 Å². The molecule has 96 valence electrons. The van der Waals surface area contributed by atoms with Crippen molar-refractivity contribution in [3.8, 4) is 0 Å². The first-order valence-corrected chi connectivity index (χ1v) is 6.26. The number of methoxy groups -OCH3 is 1. The summed E-state index contributed by atoms with van der Waals surface area (Å²) in [6, 6.07) is 0. The Kier molecular flexibility index (Phi) is 7.76. The molecule has 0 aromatic rings. The highest BCUT2D eigenvalue weighted by atomic mass is 16.5. The minimum Gasteiger partial charge on any atom is -0.396 e. The Labute approximate surface area is 98.5 Å². The van der Waals surface area contributed by atoms with Gasteiger partial charge in [0.1, 0.15) is 0 Å². The van der Waals surface area contributed by atoms with Gasteiger partial charge in [-0.15, -0.1) is 0 Å². The lowest BCUT2D eigenvalue weighted by atomic mass is 10.1. The first-order chi connectivity index (χ1) is 7.86. The summed E-state index contributed by atoms with van der Waals surface area (Å²) in [5, 5.41) is 8.85. The molecule has 1 heterocycles. The van der Waals surface area contributed by atoms with E-state index >= 15 is 0 Å². The van der Waals surface area contributed by atoms with Crippen LogP contribution in [0.5, 0.6) is 0 Å². The minimum absolute atomic E-state index is 0.325. The van der Waals surface area contributed by atoms with Gasteiger partial charge in [-0.1, -0.05) is 0 Å². The lowest BCUT2D eigenvalue weighted by molar-refractivity contribution is 0.0875. The average Bonchev–Trinajstić information content (AvgIpc) is 2.72. The van der Waals surface area contributed by atoms with Crippen LogP contribution < -0.4 is 0 Å². The van der Waals surface area contributed by atoms with Crippen molar-refractivity contribution in [2.24, 2.45) is 5.92 Å². The zero-order valence-corrected chi connectivity index (χ0v) is 10.4. The van der Waals surface area contributed by atoms with E-state index in [9.17, 15) is 0 Å². The summed E-state index contributed by atoms with van der Waals surface area (Å²) >= 11 is 0. The molecule has 1 N–H and O–H groups in total. The number of nitrogens with zero attached hydrogens (tertiary/aromatic N) is 1. The van der Waals surface area contributed by atoms with Crippen molar-refractivity contribution < 1.29 is 14.6 Å². The van der Waals surface area contributed by atoms with Crippen molar-refractivity contribution in [3.63, 3.8) is 0 Å². The number of aliphatic hydroxyl groups is 1. The van der Waals surface area contributed by atoms with Gasteiger partial charge in [0, 0.05) is 40.0 Å². The van der Waals surface area contributed by atoms with Crippen LogP contribution in [0.1, 0.15) is 19.3 Å². The van der Waals surface area contributed by atoms with Gasteiger partial charge in [0.2, 0.25) is 0 Å². The third-order valence-corrected chi connectivity index (χ3v) is 3.10. The van der Waals surface area contributed by atoms with Crippen LogP contribution in [0.15, 0.2) is 0 Å². The molecule has 1 rings (SSSR count).